The minimum absolute atomic E-state index is 0.441. The molecule has 0 spiro atoms. The highest BCUT2D eigenvalue weighted by atomic mass is 79.9. The van der Waals surface area contributed by atoms with Crippen molar-refractivity contribution in [2.75, 3.05) is 5.33 Å². The first-order valence-electron chi connectivity index (χ1n) is 5.31. The molecule has 0 saturated carbocycles. The zero-order valence-electron chi connectivity index (χ0n) is 9.82. The number of aryl methyl sites for hydroxylation is 1. The molecule has 20 heavy (non-hydrogen) atoms. The second kappa shape index (κ2) is 6.93. The normalized spacial score (nSPS) is 12.6. The van der Waals surface area contributed by atoms with Gasteiger partial charge in [-0.3, -0.25) is 0 Å². The Kier molecular flexibility index (Phi) is 6.06. The summed E-state index contributed by atoms with van der Waals surface area (Å²) in [5.41, 5.74) is -4.20. The van der Waals surface area contributed by atoms with Crippen LogP contribution in [-0.4, -0.2) is 17.2 Å². The van der Waals surface area contributed by atoms with Gasteiger partial charge in [-0.15, -0.1) is 13.2 Å². The highest BCUT2D eigenvalue weighted by Crippen LogP contribution is 2.43. The van der Waals surface area contributed by atoms with Crippen LogP contribution in [0.25, 0.3) is 0 Å². The molecule has 0 saturated heterocycles. The van der Waals surface area contributed by atoms with Crippen LogP contribution in [0.5, 0.6) is 5.75 Å². The average Bonchev–Trinajstić information content (AvgIpc) is 2.25. The van der Waals surface area contributed by atoms with Crippen molar-refractivity contribution in [3.8, 4) is 5.75 Å². The van der Waals surface area contributed by atoms with Crippen LogP contribution in [0.4, 0.5) is 26.3 Å². The van der Waals surface area contributed by atoms with Gasteiger partial charge in [0, 0.05) is 5.33 Å². The van der Waals surface area contributed by atoms with Gasteiger partial charge >= 0.3 is 11.9 Å². The van der Waals surface area contributed by atoms with Gasteiger partial charge in [-0.1, -0.05) is 22.0 Å². The maximum Gasteiger partial charge on any atom is 0.573 e. The Balaban J connectivity index is 3.03. The molecule has 1 aromatic carbocycles. The number of benzene rings is 1. The number of alkyl halides is 7. The number of hydrogen-bond acceptors (Lipinski definition) is 2. The summed E-state index contributed by atoms with van der Waals surface area (Å²) in [6, 6.07) is 3.34. The van der Waals surface area contributed by atoms with Gasteiger partial charge in [0.2, 0.25) is 0 Å². The summed E-state index contributed by atoms with van der Waals surface area (Å²) in [7, 11) is 0. The molecule has 0 heterocycles. The molecule has 0 unspecified atom stereocenters. The van der Waals surface area contributed by atoms with Gasteiger partial charge in [-0.05, 0) is 42.3 Å². The molecule has 1 nitrogen and oxygen atoms in total. The molecule has 0 radical (unpaired) electrons. The highest BCUT2D eigenvalue weighted by Gasteiger charge is 2.35. The molecule has 1 aromatic rings. The van der Waals surface area contributed by atoms with Crippen molar-refractivity contribution in [2.45, 2.75) is 29.6 Å². The second-order valence-electron chi connectivity index (χ2n) is 3.67. The van der Waals surface area contributed by atoms with E-state index in [4.69, 9.17) is 0 Å². The smallest absolute Gasteiger partial charge is 0.405 e. The van der Waals surface area contributed by atoms with E-state index in [1.807, 2.05) is 0 Å². The lowest BCUT2D eigenvalue weighted by Crippen LogP contribution is -2.18. The van der Waals surface area contributed by atoms with Gasteiger partial charge in [0.05, 0.1) is 4.90 Å². The molecule has 0 N–H and O–H groups in total. The first kappa shape index (κ1) is 17.5. The van der Waals surface area contributed by atoms with E-state index in [1.54, 1.807) is 0 Å². The van der Waals surface area contributed by atoms with Crippen LogP contribution in [0.1, 0.15) is 12.0 Å². The van der Waals surface area contributed by atoms with Gasteiger partial charge in [0.1, 0.15) is 5.75 Å². The maximum absolute atomic E-state index is 12.3. The molecule has 0 fully saturated rings. The average molecular weight is 383 g/mol. The minimum Gasteiger partial charge on any atom is -0.405 e. The molecule has 9 heteroatoms. The molecule has 0 bridgehead atoms. The van der Waals surface area contributed by atoms with Crippen molar-refractivity contribution < 1.29 is 31.1 Å². The van der Waals surface area contributed by atoms with Crippen molar-refractivity contribution >= 4 is 27.7 Å². The van der Waals surface area contributed by atoms with Crippen LogP contribution in [0.2, 0.25) is 0 Å². The van der Waals surface area contributed by atoms with E-state index < -0.39 is 34.3 Å². The molecule has 1 rings (SSSR count). The van der Waals surface area contributed by atoms with Crippen LogP contribution in [0.3, 0.4) is 0 Å². The SMILES string of the molecule is FC(F)(F)Oc1cc(CCCBr)ccc1SC(F)(F)F. The quantitative estimate of drug-likeness (QED) is 0.376. The van der Waals surface area contributed by atoms with Gasteiger partial charge in [-0.2, -0.15) is 13.2 Å². The fourth-order valence-corrected chi connectivity index (χ4v) is 2.26. The first-order valence-corrected chi connectivity index (χ1v) is 7.25. The zero-order chi connectivity index (χ0) is 15.4. The third-order valence-electron chi connectivity index (χ3n) is 2.06. The Morgan fingerprint density at radius 1 is 1.10 bits per heavy atom. The molecule has 0 aromatic heterocycles. The van der Waals surface area contributed by atoms with Crippen LogP contribution >= 0.6 is 27.7 Å². The van der Waals surface area contributed by atoms with E-state index in [-0.39, 0.29) is 0 Å². The summed E-state index contributed by atoms with van der Waals surface area (Å²) in [5.74, 6) is -0.827. The van der Waals surface area contributed by atoms with E-state index in [9.17, 15) is 26.3 Å². The largest absolute Gasteiger partial charge is 0.573 e. The van der Waals surface area contributed by atoms with Gasteiger partial charge in [0.15, 0.2) is 0 Å². The zero-order valence-corrected chi connectivity index (χ0v) is 12.2. The van der Waals surface area contributed by atoms with Crippen LogP contribution in [0, 0.1) is 0 Å². The summed E-state index contributed by atoms with van der Waals surface area (Å²) in [4.78, 5) is -0.614. The van der Waals surface area contributed by atoms with Gasteiger partial charge in [0.25, 0.3) is 0 Å². The third-order valence-corrected chi connectivity index (χ3v) is 3.41. The Labute approximate surface area is 123 Å². The van der Waals surface area contributed by atoms with Crippen LogP contribution < -0.4 is 4.74 Å². The Morgan fingerprint density at radius 3 is 2.25 bits per heavy atom. The molecule has 0 aliphatic carbocycles. The van der Waals surface area contributed by atoms with E-state index >= 15 is 0 Å². The predicted molar refractivity (Wildman–Crippen MR) is 67.2 cm³/mol. The molecule has 0 aliphatic rings. The number of halogens is 7. The molecule has 0 atom stereocenters. The lowest BCUT2D eigenvalue weighted by molar-refractivity contribution is -0.275. The van der Waals surface area contributed by atoms with Crippen LogP contribution in [-0.2, 0) is 6.42 Å². The Bertz CT molecular complexity index is 446. The molecular formula is C11H9BrF6OS. The first-order chi connectivity index (χ1) is 9.11. The minimum atomic E-state index is -5.03. The maximum atomic E-state index is 12.3. The summed E-state index contributed by atoms with van der Waals surface area (Å²) in [5, 5.41) is 0.640. The molecular weight excluding hydrogens is 374 g/mol. The topological polar surface area (TPSA) is 9.23 Å². The van der Waals surface area contributed by atoms with E-state index in [1.165, 1.54) is 6.07 Å². The number of hydrogen-bond donors (Lipinski definition) is 0. The van der Waals surface area contributed by atoms with Crippen molar-refractivity contribution in [3.63, 3.8) is 0 Å². The number of ether oxygens (including phenoxy) is 1. The summed E-state index contributed by atoms with van der Waals surface area (Å²) in [6.07, 6.45) is -3.94. The lowest BCUT2D eigenvalue weighted by atomic mass is 10.1. The van der Waals surface area contributed by atoms with E-state index in [0.29, 0.717) is 23.7 Å². The van der Waals surface area contributed by atoms with Crippen molar-refractivity contribution in [1.29, 1.82) is 0 Å². The van der Waals surface area contributed by atoms with Gasteiger partial charge in [-0.25, -0.2) is 0 Å². The highest BCUT2D eigenvalue weighted by molar-refractivity contribution is 9.09. The number of rotatable bonds is 5. The summed E-state index contributed by atoms with van der Waals surface area (Å²) in [6.45, 7) is 0. The molecule has 0 amide bonds. The van der Waals surface area contributed by atoms with Crippen molar-refractivity contribution in [3.05, 3.63) is 23.8 Å². The monoisotopic (exact) mass is 382 g/mol. The fourth-order valence-electron chi connectivity index (χ4n) is 1.39. The van der Waals surface area contributed by atoms with Gasteiger partial charge < -0.3 is 4.74 Å². The van der Waals surface area contributed by atoms with Crippen molar-refractivity contribution in [2.24, 2.45) is 0 Å². The fraction of sp³-hybridized carbons (Fsp3) is 0.455. The summed E-state index contributed by atoms with van der Waals surface area (Å²) >= 11 is 2.53. The molecule has 114 valence electrons. The molecule has 0 aliphatic heterocycles. The lowest BCUT2D eigenvalue weighted by Gasteiger charge is -2.15. The third kappa shape index (κ3) is 6.74. The number of thioether (sulfide) groups is 1. The van der Waals surface area contributed by atoms with E-state index in [2.05, 4.69) is 20.7 Å². The van der Waals surface area contributed by atoms with E-state index in [0.717, 1.165) is 12.1 Å². The van der Waals surface area contributed by atoms with Crippen molar-refractivity contribution in [1.82, 2.24) is 0 Å². The van der Waals surface area contributed by atoms with Crippen LogP contribution in [0.15, 0.2) is 23.1 Å². The summed E-state index contributed by atoms with van der Waals surface area (Å²) < 4.78 is 77.2. The Hall–Kier alpha value is -0.570. The second-order valence-corrected chi connectivity index (χ2v) is 5.57. The Morgan fingerprint density at radius 2 is 1.75 bits per heavy atom. The standard InChI is InChI=1S/C11H9BrF6OS/c12-5-1-2-7-3-4-9(20-11(16,17)18)8(6-7)19-10(13,14)15/h3-4,6H,1-2,5H2. The predicted octanol–water partition coefficient (Wildman–Crippen LogP) is 5.52.